The molecule has 2 heteroatoms. The lowest BCUT2D eigenvalue weighted by atomic mass is 9.99. The van der Waals surface area contributed by atoms with Gasteiger partial charge < -0.3 is 5.11 Å². The van der Waals surface area contributed by atoms with E-state index in [0.29, 0.717) is 5.92 Å². The summed E-state index contributed by atoms with van der Waals surface area (Å²) < 4.78 is 0. The second-order valence-electron chi connectivity index (χ2n) is 3.60. The molecule has 0 aromatic carbocycles. The quantitative estimate of drug-likeness (QED) is 0.708. The highest BCUT2D eigenvalue weighted by molar-refractivity contribution is 7.10. The summed E-state index contributed by atoms with van der Waals surface area (Å²) in [7, 11) is 0. The van der Waals surface area contributed by atoms with Gasteiger partial charge in [0.25, 0.3) is 0 Å². The fourth-order valence-electron chi connectivity index (χ4n) is 2.06. The van der Waals surface area contributed by atoms with Crippen LogP contribution in [-0.4, -0.2) is 11.2 Å². The standard InChI is InChI=1S/C10H14OS/c1-7-10(4-5-12-7)8-2-3-9(11)6-8/h4-5,8-9,11H,2-3,6H2,1H3. The number of thiophene rings is 1. The molecule has 0 radical (unpaired) electrons. The van der Waals surface area contributed by atoms with E-state index < -0.39 is 0 Å². The van der Waals surface area contributed by atoms with Crippen LogP contribution in [0, 0.1) is 6.92 Å². The van der Waals surface area contributed by atoms with Crippen LogP contribution in [0.25, 0.3) is 0 Å². The van der Waals surface area contributed by atoms with E-state index in [1.54, 1.807) is 0 Å². The van der Waals surface area contributed by atoms with Gasteiger partial charge in [-0.15, -0.1) is 11.3 Å². The van der Waals surface area contributed by atoms with Crippen molar-refractivity contribution in [2.75, 3.05) is 0 Å². The van der Waals surface area contributed by atoms with Gasteiger partial charge in [-0.3, -0.25) is 0 Å². The number of rotatable bonds is 1. The zero-order valence-corrected chi connectivity index (χ0v) is 8.10. The Labute approximate surface area is 77.0 Å². The van der Waals surface area contributed by atoms with Crippen molar-refractivity contribution >= 4 is 11.3 Å². The number of aliphatic hydroxyl groups is 1. The SMILES string of the molecule is Cc1sccc1C1CCC(O)C1. The van der Waals surface area contributed by atoms with Crippen LogP contribution in [0.15, 0.2) is 11.4 Å². The Hall–Kier alpha value is -0.340. The van der Waals surface area contributed by atoms with E-state index in [1.807, 2.05) is 11.3 Å². The van der Waals surface area contributed by atoms with Crippen LogP contribution in [0.1, 0.15) is 35.6 Å². The molecule has 0 spiro atoms. The highest BCUT2D eigenvalue weighted by Crippen LogP contribution is 2.37. The third kappa shape index (κ3) is 1.41. The highest BCUT2D eigenvalue weighted by atomic mass is 32.1. The zero-order valence-electron chi connectivity index (χ0n) is 7.29. The lowest BCUT2D eigenvalue weighted by Crippen LogP contribution is -1.99. The van der Waals surface area contributed by atoms with Gasteiger partial charge in [0.1, 0.15) is 0 Å². The largest absolute Gasteiger partial charge is 0.393 e. The first-order chi connectivity index (χ1) is 5.77. The Morgan fingerprint density at radius 1 is 1.50 bits per heavy atom. The van der Waals surface area contributed by atoms with Crippen molar-refractivity contribution in [2.24, 2.45) is 0 Å². The first kappa shape index (κ1) is 8.27. The summed E-state index contributed by atoms with van der Waals surface area (Å²) in [6.45, 7) is 2.17. The van der Waals surface area contributed by atoms with Gasteiger partial charge in [0, 0.05) is 4.88 Å². The molecule has 1 aromatic heterocycles. The maximum atomic E-state index is 9.39. The molecule has 0 aliphatic heterocycles. The number of hydrogen-bond donors (Lipinski definition) is 1. The molecular formula is C10H14OS. The predicted molar refractivity (Wildman–Crippen MR) is 51.7 cm³/mol. The van der Waals surface area contributed by atoms with Crippen molar-refractivity contribution in [1.82, 2.24) is 0 Å². The third-order valence-electron chi connectivity index (χ3n) is 2.74. The van der Waals surface area contributed by atoms with Crippen LogP contribution in [0.5, 0.6) is 0 Å². The Bertz CT molecular complexity index is 267. The summed E-state index contributed by atoms with van der Waals surface area (Å²) in [5.41, 5.74) is 1.47. The van der Waals surface area contributed by atoms with E-state index in [-0.39, 0.29) is 6.10 Å². The molecule has 66 valence electrons. The predicted octanol–water partition coefficient (Wildman–Crippen LogP) is 2.68. The molecule has 1 aliphatic carbocycles. The van der Waals surface area contributed by atoms with E-state index in [0.717, 1.165) is 12.8 Å². The van der Waals surface area contributed by atoms with Crippen molar-refractivity contribution in [3.05, 3.63) is 21.9 Å². The Kier molecular flexibility index (Phi) is 2.20. The summed E-state index contributed by atoms with van der Waals surface area (Å²) in [4.78, 5) is 1.43. The normalized spacial score (nSPS) is 29.5. The second-order valence-corrected chi connectivity index (χ2v) is 4.72. The summed E-state index contributed by atoms with van der Waals surface area (Å²) in [5.74, 6) is 0.631. The van der Waals surface area contributed by atoms with Gasteiger partial charge in [-0.05, 0) is 49.1 Å². The molecule has 2 unspecified atom stereocenters. The van der Waals surface area contributed by atoms with Gasteiger partial charge in [0.15, 0.2) is 0 Å². The molecule has 0 saturated heterocycles. The minimum Gasteiger partial charge on any atom is -0.393 e. The first-order valence-electron chi connectivity index (χ1n) is 4.49. The molecule has 12 heavy (non-hydrogen) atoms. The van der Waals surface area contributed by atoms with E-state index in [9.17, 15) is 5.11 Å². The van der Waals surface area contributed by atoms with Gasteiger partial charge >= 0.3 is 0 Å². The van der Waals surface area contributed by atoms with Crippen LogP contribution >= 0.6 is 11.3 Å². The van der Waals surface area contributed by atoms with Crippen molar-refractivity contribution < 1.29 is 5.11 Å². The van der Waals surface area contributed by atoms with Gasteiger partial charge in [-0.25, -0.2) is 0 Å². The number of hydrogen-bond acceptors (Lipinski definition) is 2. The molecule has 1 saturated carbocycles. The first-order valence-corrected chi connectivity index (χ1v) is 5.37. The number of aryl methyl sites for hydroxylation is 1. The van der Waals surface area contributed by atoms with Crippen LogP contribution in [0.2, 0.25) is 0 Å². The maximum Gasteiger partial charge on any atom is 0.0546 e. The number of aliphatic hydroxyl groups excluding tert-OH is 1. The van der Waals surface area contributed by atoms with E-state index in [2.05, 4.69) is 18.4 Å². The summed E-state index contributed by atoms with van der Waals surface area (Å²) >= 11 is 1.81. The molecular weight excluding hydrogens is 168 g/mol. The molecule has 1 fully saturated rings. The van der Waals surface area contributed by atoms with E-state index in [4.69, 9.17) is 0 Å². The molecule has 1 aliphatic rings. The monoisotopic (exact) mass is 182 g/mol. The molecule has 0 bridgehead atoms. The summed E-state index contributed by atoms with van der Waals surface area (Å²) in [6, 6.07) is 2.21. The molecule has 0 amide bonds. The molecule has 1 nitrogen and oxygen atoms in total. The fraction of sp³-hybridized carbons (Fsp3) is 0.600. The van der Waals surface area contributed by atoms with Crippen LogP contribution in [-0.2, 0) is 0 Å². The van der Waals surface area contributed by atoms with Crippen molar-refractivity contribution in [3.8, 4) is 0 Å². The smallest absolute Gasteiger partial charge is 0.0546 e. The molecule has 1 heterocycles. The molecule has 1 N–H and O–H groups in total. The van der Waals surface area contributed by atoms with E-state index in [1.165, 1.54) is 16.9 Å². The second kappa shape index (κ2) is 3.19. The van der Waals surface area contributed by atoms with Crippen molar-refractivity contribution in [1.29, 1.82) is 0 Å². The molecule has 1 aromatic rings. The lowest BCUT2D eigenvalue weighted by Gasteiger charge is -2.07. The average molecular weight is 182 g/mol. The third-order valence-corrected chi connectivity index (χ3v) is 3.61. The van der Waals surface area contributed by atoms with Crippen LogP contribution < -0.4 is 0 Å². The minimum absolute atomic E-state index is 0.0469. The van der Waals surface area contributed by atoms with Gasteiger partial charge in [-0.1, -0.05) is 0 Å². The average Bonchev–Trinajstić information content (AvgIpc) is 2.58. The summed E-state index contributed by atoms with van der Waals surface area (Å²) in [6.07, 6.45) is 3.07. The highest BCUT2D eigenvalue weighted by Gasteiger charge is 2.25. The van der Waals surface area contributed by atoms with Gasteiger partial charge in [0.05, 0.1) is 6.10 Å². The minimum atomic E-state index is -0.0469. The van der Waals surface area contributed by atoms with Gasteiger partial charge in [0.2, 0.25) is 0 Å². The Morgan fingerprint density at radius 2 is 2.33 bits per heavy atom. The Balaban J connectivity index is 2.16. The maximum absolute atomic E-state index is 9.39. The van der Waals surface area contributed by atoms with Crippen molar-refractivity contribution in [3.63, 3.8) is 0 Å². The lowest BCUT2D eigenvalue weighted by molar-refractivity contribution is 0.181. The van der Waals surface area contributed by atoms with Crippen molar-refractivity contribution in [2.45, 2.75) is 38.2 Å². The summed E-state index contributed by atoms with van der Waals surface area (Å²) in [5, 5.41) is 11.5. The van der Waals surface area contributed by atoms with Crippen LogP contribution in [0.3, 0.4) is 0 Å². The Morgan fingerprint density at radius 3 is 2.83 bits per heavy atom. The van der Waals surface area contributed by atoms with E-state index >= 15 is 0 Å². The van der Waals surface area contributed by atoms with Gasteiger partial charge in [-0.2, -0.15) is 0 Å². The molecule has 2 atom stereocenters. The zero-order chi connectivity index (χ0) is 8.55. The molecule has 2 rings (SSSR count). The van der Waals surface area contributed by atoms with Crippen LogP contribution in [0.4, 0.5) is 0 Å². The fourth-order valence-corrected chi connectivity index (χ4v) is 2.85. The topological polar surface area (TPSA) is 20.2 Å².